The van der Waals surface area contributed by atoms with E-state index >= 15 is 0 Å². The predicted octanol–water partition coefficient (Wildman–Crippen LogP) is 3.71. The van der Waals surface area contributed by atoms with Crippen molar-refractivity contribution in [3.8, 4) is 5.75 Å². The van der Waals surface area contributed by atoms with Gasteiger partial charge in [0.2, 0.25) is 0 Å². The second-order valence-corrected chi connectivity index (χ2v) is 6.66. The standard InChI is InChI=1S/C22H24N2O3/c1-5-24(17-9-7-6-8-10-17)20-19(21(25)23(4)22(20)26)16-11-13-18(14-12-16)27-15(2)3/h6-15H,5H2,1-4H3. The molecule has 0 unspecified atom stereocenters. The second-order valence-electron chi connectivity index (χ2n) is 6.66. The van der Waals surface area contributed by atoms with Crippen molar-refractivity contribution < 1.29 is 14.3 Å². The Balaban J connectivity index is 2.09. The first-order valence-corrected chi connectivity index (χ1v) is 9.10. The lowest BCUT2D eigenvalue weighted by atomic mass is 10.0. The number of para-hydroxylation sites is 1. The monoisotopic (exact) mass is 364 g/mol. The minimum atomic E-state index is -0.290. The molecule has 1 aliphatic heterocycles. The lowest BCUT2D eigenvalue weighted by Gasteiger charge is -2.24. The van der Waals surface area contributed by atoms with Gasteiger partial charge >= 0.3 is 0 Å². The second kappa shape index (κ2) is 7.66. The van der Waals surface area contributed by atoms with E-state index in [1.165, 1.54) is 11.9 Å². The Morgan fingerprint density at radius 2 is 1.59 bits per heavy atom. The van der Waals surface area contributed by atoms with Gasteiger partial charge in [-0.1, -0.05) is 30.3 Å². The molecule has 0 aliphatic carbocycles. The van der Waals surface area contributed by atoms with Crippen LogP contribution in [0.1, 0.15) is 26.3 Å². The molecule has 3 rings (SSSR count). The van der Waals surface area contributed by atoms with E-state index in [-0.39, 0.29) is 17.9 Å². The number of nitrogens with zero attached hydrogens (tertiary/aromatic N) is 2. The van der Waals surface area contributed by atoms with Gasteiger partial charge in [-0.2, -0.15) is 0 Å². The number of likely N-dealkylation sites (N-methyl/N-ethyl adjacent to an activating group) is 2. The molecule has 0 spiro atoms. The van der Waals surface area contributed by atoms with Crippen LogP contribution in [0.25, 0.3) is 5.57 Å². The van der Waals surface area contributed by atoms with Crippen molar-refractivity contribution in [2.45, 2.75) is 26.9 Å². The maximum absolute atomic E-state index is 12.9. The molecule has 0 atom stereocenters. The maximum atomic E-state index is 12.9. The zero-order valence-corrected chi connectivity index (χ0v) is 16.1. The zero-order valence-electron chi connectivity index (χ0n) is 16.1. The van der Waals surface area contributed by atoms with Crippen LogP contribution in [0, 0.1) is 0 Å². The van der Waals surface area contributed by atoms with Crippen molar-refractivity contribution in [2.24, 2.45) is 0 Å². The molecule has 0 radical (unpaired) electrons. The molecule has 5 heteroatoms. The first kappa shape index (κ1) is 18.7. The number of imide groups is 1. The van der Waals surface area contributed by atoms with Crippen molar-refractivity contribution in [1.82, 2.24) is 4.90 Å². The fourth-order valence-corrected chi connectivity index (χ4v) is 3.19. The minimum absolute atomic E-state index is 0.0695. The number of carbonyl (C=O) groups excluding carboxylic acids is 2. The summed E-state index contributed by atoms with van der Waals surface area (Å²) in [5.74, 6) is 0.154. The Morgan fingerprint density at radius 1 is 0.963 bits per heavy atom. The summed E-state index contributed by atoms with van der Waals surface area (Å²) < 4.78 is 5.68. The van der Waals surface area contributed by atoms with Crippen LogP contribution in [0.2, 0.25) is 0 Å². The summed E-state index contributed by atoms with van der Waals surface area (Å²) in [5.41, 5.74) is 2.42. The van der Waals surface area contributed by atoms with E-state index in [4.69, 9.17) is 4.74 Å². The first-order valence-electron chi connectivity index (χ1n) is 9.10. The van der Waals surface area contributed by atoms with Crippen LogP contribution in [0.5, 0.6) is 5.75 Å². The predicted molar refractivity (Wildman–Crippen MR) is 106 cm³/mol. The third kappa shape index (κ3) is 3.58. The molecular weight excluding hydrogens is 340 g/mol. The highest BCUT2D eigenvalue weighted by atomic mass is 16.5. The molecule has 0 N–H and O–H groups in total. The van der Waals surface area contributed by atoms with Crippen molar-refractivity contribution in [3.63, 3.8) is 0 Å². The number of amides is 2. The van der Waals surface area contributed by atoms with Crippen molar-refractivity contribution in [3.05, 3.63) is 65.9 Å². The number of anilines is 1. The molecule has 1 aliphatic rings. The van der Waals surface area contributed by atoms with Gasteiger partial charge in [-0.15, -0.1) is 0 Å². The quantitative estimate of drug-likeness (QED) is 0.733. The van der Waals surface area contributed by atoms with Crippen molar-refractivity contribution in [1.29, 1.82) is 0 Å². The Labute approximate surface area is 159 Å². The van der Waals surface area contributed by atoms with Gasteiger partial charge < -0.3 is 9.64 Å². The smallest absolute Gasteiger partial charge is 0.277 e. The molecule has 0 bridgehead atoms. The third-order valence-electron chi connectivity index (χ3n) is 4.43. The zero-order chi connectivity index (χ0) is 19.6. The van der Waals surface area contributed by atoms with Gasteiger partial charge in [-0.25, -0.2) is 0 Å². The van der Waals surface area contributed by atoms with E-state index in [2.05, 4.69) is 0 Å². The van der Waals surface area contributed by atoms with Gasteiger partial charge in [0.25, 0.3) is 11.8 Å². The number of hydrogen-bond donors (Lipinski definition) is 0. The van der Waals surface area contributed by atoms with Crippen LogP contribution in [0.3, 0.4) is 0 Å². The van der Waals surface area contributed by atoms with E-state index in [9.17, 15) is 9.59 Å². The van der Waals surface area contributed by atoms with Gasteiger partial charge in [0.1, 0.15) is 11.4 Å². The maximum Gasteiger partial charge on any atom is 0.277 e. The van der Waals surface area contributed by atoms with Gasteiger partial charge in [0.05, 0.1) is 11.7 Å². The first-order chi connectivity index (χ1) is 12.9. The highest BCUT2D eigenvalue weighted by Crippen LogP contribution is 2.34. The molecule has 2 amide bonds. The summed E-state index contributed by atoms with van der Waals surface area (Å²) in [7, 11) is 1.52. The molecular formula is C22H24N2O3. The normalized spacial score (nSPS) is 14.3. The Bertz CT molecular complexity index is 870. The van der Waals surface area contributed by atoms with Crippen LogP contribution in [0.4, 0.5) is 5.69 Å². The molecule has 2 aromatic carbocycles. The largest absolute Gasteiger partial charge is 0.491 e. The molecule has 27 heavy (non-hydrogen) atoms. The molecule has 140 valence electrons. The van der Waals surface area contributed by atoms with Crippen LogP contribution in [-0.4, -0.2) is 36.4 Å². The number of rotatable bonds is 6. The fourth-order valence-electron chi connectivity index (χ4n) is 3.19. The Morgan fingerprint density at radius 3 is 2.15 bits per heavy atom. The Hall–Kier alpha value is -3.08. The summed E-state index contributed by atoms with van der Waals surface area (Å²) in [4.78, 5) is 28.8. The average molecular weight is 364 g/mol. The summed E-state index contributed by atoms with van der Waals surface area (Å²) in [5, 5.41) is 0. The van der Waals surface area contributed by atoms with Crippen LogP contribution in [0.15, 0.2) is 60.3 Å². The third-order valence-corrected chi connectivity index (χ3v) is 4.43. The van der Waals surface area contributed by atoms with E-state index < -0.39 is 0 Å². The molecule has 0 aromatic heterocycles. The number of benzene rings is 2. The van der Waals surface area contributed by atoms with Crippen LogP contribution >= 0.6 is 0 Å². The lowest BCUT2D eigenvalue weighted by Crippen LogP contribution is -2.32. The summed E-state index contributed by atoms with van der Waals surface area (Å²) in [6.45, 7) is 6.46. The topological polar surface area (TPSA) is 49.9 Å². The lowest BCUT2D eigenvalue weighted by molar-refractivity contribution is -0.135. The van der Waals surface area contributed by atoms with Gasteiger partial charge in [-0.3, -0.25) is 14.5 Å². The SMILES string of the molecule is CCN(C1=C(c2ccc(OC(C)C)cc2)C(=O)N(C)C1=O)c1ccccc1. The van der Waals surface area contributed by atoms with E-state index in [1.807, 2.05) is 80.3 Å². The molecule has 5 nitrogen and oxygen atoms in total. The van der Waals surface area contributed by atoms with E-state index in [1.54, 1.807) is 0 Å². The fraction of sp³-hybridized carbons (Fsp3) is 0.273. The summed E-state index contributed by atoms with van der Waals surface area (Å²) in [6.07, 6.45) is 0.0695. The van der Waals surface area contributed by atoms with E-state index in [0.717, 1.165) is 11.4 Å². The summed E-state index contributed by atoms with van der Waals surface area (Å²) >= 11 is 0. The van der Waals surface area contributed by atoms with Gasteiger partial charge in [0, 0.05) is 19.3 Å². The van der Waals surface area contributed by atoms with E-state index in [0.29, 0.717) is 23.4 Å². The van der Waals surface area contributed by atoms with Crippen molar-refractivity contribution >= 4 is 23.1 Å². The number of hydrogen-bond acceptors (Lipinski definition) is 4. The highest BCUT2D eigenvalue weighted by Gasteiger charge is 2.39. The van der Waals surface area contributed by atoms with Gasteiger partial charge in [0.15, 0.2) is 0 Å². The molecule has 0 saturated heterocycles. The molecule has 1 heterocycles. The minimum Gasteiger partial charge on any atom is -0.491 e. The molecule has 2 aromatic rings. The molecule has 0 saturated carbocycles. The summed E-state index contributed by atoms with van der Waals surface area (Å²) in [6, 6.07) is 16.9. The van der Waals surface area contributed by atoms with Crippen LogP contribution < -0.4 is 9.64 Å². The highest BCUT2D eigenvalue weighted by molar-refractivity contribution is 6.36. The number of carbonyl (C=O) groups is 2. The van der Waals surface area contributed by atoms with Gasteiger partial charge in [-0.05, 0) is 50.6 Å². The Kier molecular flexibility index (Phi) is 5.31. The average Bonchev–Trinajstić information content (AvgIpc) is 2.88. The number of ether oxygens (including phenoxy) is 1. The van der Waals surface area contributed by atoms with Crippen molar-refractivity contribution in [2.75, 3.05) is 18.5 Å². The molecule has 0 fully saturated rings. The van der Waals surface area contributed by atoms with Crippen LogP contribution in [-0.2, 0) is 9.59 Å².